The van der Waals surface area contributed by atoms with Gasteiger partial charge in [-0.2, -0.15) is 13.2 Å². The molecule has 1 aromatic rings. The lowest BCUT2D eigenvalue weighted by Gasteiger charge is -2.44. The zero-order valence-electron chi connectivity index (χ0n) is 22.2. The molecule has 2 aliphatic heterocycles. The van der Waals surface area contributed by atoms with Crippen LogP contribution in [-0.2, 0) is 28.7 Å². The smallest absolute Gasteiger partial charge is 0.427 e. The van der Waals surface area contributed by atoms with Crippen LogP contribution in [0.1, 0.15) is 46.2 Å². The fourth-order valence-corrected chi connectivity index (χ4v) is 5.90. The topological polar surface area (TPSA) is 143 Å². The number of esters is 2. The van der Waals surface area contributed by atoms with Gasteiger partial charge in [0.25, 0.3) is 0 Å². The summed E-state index contributed by atoms with van der Waals surface area (Å²) in [4.78, 5) is 64.4. The van der Waals surface area contributed by atoms with Gasteiger partial charge in [0.2, 0.25) is 18.6 Å². The van der Waals surface area contributed by atoms with Crippen LogP contribution in [0.2, 0.25) is 0 Å². The lowest BCUT2D eigenvalue weighted by Crippen LogP contribution is -2.71. The highest BCUT2D eigenvalue weighted by Crippen LogP contribution is 2.51. The van der Waals surface area contributed by atoms with Crippen molar-refractivity contribution in [2.75, 3.05) is 6.79 Å². The number of carbonyl (C=O) groups is 5. The number of ether oxygens (including phenoxy) is 2. The van der Waals surface area contributed by atoms with Crippen LogP contribution >= 0.6 is 23.7 Å². The number of hydrogen-bond donors (Lipinski definition) is 3. The van der Waals surface area contributed by atoms with Crippen molar-refractivity contribution < 1.29 is 46.6 Å². The molecule has 3 rings (SSSR count). The van der Waals surface area contributed by atoms with Crippen LogP contribution in [0.25, 0.3) is 0 Å². The molecule has 1 aromatic carbocycles. The van der Waals surface area contributed by atoms with E-state index in [0.717, 1.165) is 0 Å². The molecule has 220 valence electrons. The lowest BCUT2D eigenvalue weighted by molar-refractivity contribution is -0.180. The standard InChI is InChI=1S/C24H29F3N4O7S2/c1-22(2,3)20(35)38-11-37-19(34)15-23(4,5)39-18-14(17(33)31(15)18)28-16(32)13(12-9-7-6-8-10-12)29-21(36)30-40-24(25,26)27/h6-10,13-15,18H,11H2,1-5H3,(H,28,32)(H2,29,30,36). The normalized spacial score (nSPS) is 22.4. The first kappa shape index (κ1) is 31.4. The van der Waals surface area contributed by atoms with Gasteiger partial charge < -0.3 is 25.0 Å². The van der Waals surface area contributed by atoms with Crippen LogP contribution in [0.4, 0.5) is 18.0 Å². The summed E-state index contributed by atoms with van der Waals surface area (Å²) in [5.74, 6) is -2.79. The second-order valence-electron chi connectivity index (χ2n) is 10.5. The van der Waals surface area contributed by atoms with Crippen LogP contribution in [0.3, 0.4) is 0 Å². The van der Waals surface area contributed by atoms with Crippen LogP contribution < -0.4 is 15.4 Å². The minimum Gasteiger partial charge on any atom is -0.427 e. The minimum absolute atomic E-state index is 0.265. The number of amides is 4. The van der Waals surface area contributed by atoms with Crippen molar-refractivity contribution in [2.45, 2.75) is 68.4 Å². The number of carbonyl (C=O) groups excluding carboxylic acids is 5. The second-order valence-corrected chi connectivity index (χ2v) is 13.1. The molecule has 0 saturated carbocycles. The Labute approximate surface area is 236 Å². The zero-order chi connectivity index (χ0) is 30.0. The molecule has 16 heteroatoms. The molecule has 11 nitrogen and oxygen atoms in total. The monoisotopic (exact) mass is 606 g/mol. The summed E-state index contributed by atoms with van der Waals surface area (Å²) in [5.41, 5.74) is -5.27. The van der Waals surface area contributed by atoms with Crippen LogP contribution in [0, 0.1) is 5.41 Å². The summed E-state index contributed by atoms with van der Waals surface area (Å²) in [6.07, 6.45) is 0. The molecule has 2 fully saturated rings. The Kier molecular flexibility index (Phi) is 9.23. The van der Waals surface area contributed by atoms with Gasteiger partial charge in [0.15, 0.2) is 0 Å². The van der Waals surface area contributed by atoms with Crippen molar-refractivity contribution in [3.63, 3.8) is 0 Å². The van der Waals surface area contributed by atoms with Crippen molar-refractivity contribution in [1.29, 1.82) is 0 Å². The highest BCUT2D eigenvalue weighted by atomic mass is 32.2. The third-order valence-corrected chi connectivity index (χ3v) is 7.99. The maximum Gasteiger partial charge on any atom is 0.461 e. The number of fused-ring (bicyclic) bond motifs is 1. The summed E-state index contributed by atoms with van der Waals surface area (Å²) in [5, 5.41) is 4.07. The largest absolute Gasteiger partial charge is 0.461 e. The molecular weight excluding hydrogens is 577 g/mol. The summed E-state index contributed by atoms with van der Waals surface area (Å²) in [6.45, 7) is 7.71. The first-order valence-electron chi connectivity index (χ1n) is 11.9. The van der Waals surface area contributed by atoms with Crippen molar-refractivity contribution in [1.82, 2.24) is 20.3 Å². The Balaban J connectivity index is 1.67. The van der Waals surface area contributed by atoms with Crippen molar-refractivity contribution >= 4 is 53.5 Å². The van der Waals surface area contributed by atoms with E-state index in [1.807, 2.05) is 0 Å². The van der Waals surface area contributed by atoms with E-state index in [4.69, 9.17) is 9.47 Å². The molecule has 0 spiro atoms. The third kappa shape index (κ3) is 7.33. The van der Waals surface area contributed by atoms with Crippen molar-refractivity contribution in [3.8, 4) is 0 Å². The lowest BCUT2D eigenvalue weighted by atomic mass is 9.95. The molecule has 0 bridgehead atoms. The molecule has 0 radical (unpaired) electrons. The Hall–Kier alpha value is -3.14. The average molecular weight is 607 g/mol. The zero-order valence-corrected chi connectivity index (χ0v) is 23.8. The van der Waals surface area contributed by atoms with E-state index in [1.165, 1.54) is 28.8 Å². The van der Waals surface area contributed by atoms with Crippen LogP contribution in [-0.4, -0.2) is 69.2 Å². The van der Waals surface area contributed by atoms with Gasteiger partial charge in [-0.1, -0.05) is 30.3 Å². The first-order valence-corrected chi connectivity index (χ1v) is 13.6. The second kappa shape index (κ2) is 11.8. The predicted octanol–water partition coefficient (Wildman–Crippen LogP) is 2.83. The molecule has 0 aliphatic carbocycles. The summed E-state index contributed by atoms with van der Waals surface area (Å²) in [7, 11) is 0. The molecule has 0 aromatic heterocycles. The number of β-lactam (4-membered cyclic amide) rings is 1. The van der Waals surface area contributed by atoms with Gasteiger partial charge >= 0.3 is 23.5 Å². The van der Waals surface area contributed by atoms with Gasteiger partial charge in [-0.3, -0.25) is 19.1 Å². The summed E-state index contributed by atoms with van der Waals surface area (Å²) < 4.78 is 48.2. The fourth-order valence-electron chi connectivity index (χ4n) is 4.01. The molecule has 40 heavy (non-hydrogen) atoms. The van der Waals surface area contributed by atoms with Crippen molar-refractivity contribution in [3.05, 3.63) is 35.9 Å². The van der Waals surface area contributed by atoms with Gasteiger partial charge in [-0.05, 0) is 40.2 Å². The highest BCUT2D eigenvalue weighted by molar-refractivity contribution is 8.01. The molecule has 4 amide bonds. The summed E-state index contributed by atoms with van der Waals surface area (Å²) in [6, 6.07) is 2.96. The SMILES string of the molecule is CC(C)(C)C(=O)OCOC(=O)C1N2C(=O)C(NC(=O)C(NC(=O)NSC(F)(F)F)c3ccccc3)C2SC1(C)C. The molecular formula is C24H29F3N4O7S2. The Morgan fingerprint density at radius 2 is 1.73 bits per heavy atom. The minimum atomic E-state index is -4.73. The maximum absolute atomic E-state index is 13.2. The quantitative estimate of drug-likeness (QED) is 0.176. The van der Waals surface area contributed by atoms with Crippen LogP contribution in [0.15, 0.2) is 30.3 Å². The van der Waals surface area contributed by atoms with Gasteiger partial charge in [-0.15, -0.1) is 11.8 Å². The molecule has 2 aliphatic rings. The van der Waals surface area contributed by atoms with E-state index in [9.17, 15) is 37.1 Å². The molecule has 3 N–H and O–H groups in total. The maximum atomic E-state index is 13.2. The number of nitrogens with one attached hydrogen (secondary N) is 3. The van der Waals surface area contributed by atoms with Gasteiger partial charge in [0, 0.05) is 4.75 Å². The number of alkyl halides is 3. The van der Waals surface area contributed by atoms with Gasteiger partial charge in [0.1, 0.15) is 23.5 Å². The average Bonchev–Trinajstić information content (AvgIpc) is 3.11. The number of halogens is 3. The van der Waals surface area contributed by atoms with E-state index in [1.54, 1.807) is 57.5 Å². The third-order valence-electron chi connectivity index (χ3n) is 5.90. The Morgan fingerprint density at radius 1 is 1.10 bits per heavy atom. The Morgan fingerprint density at radius 3 is 2.30 bits per heavy atom. The first-order chi connectivity index (χ1) is 18.4. The molecule has 2 saturated heterocycles. The van der Waals surface area contributed by atoms with Crippen molar-refractivity contribution in [2.24, 2.45) is 5.41 Å². The van der Waals surface area contributed by atoms with E-state index in [2.05, 4.69) is 10.6 Å². The number of thioether (sulfide) groups is 1. The fraction of sp³-hybridized carbons (Fsp3) is 0.542. The molecule has 4 atom stereocenters. The van der Waals surface area contributed by atoms with E-state index in [-0.39, 0.29) is 5.56 Å². The van der Waals surface area contributed by atoms with Gasteiger partial charge in [-0.25, -0.2) is 9.59 Å². The highest BCUT2D eigenvalue weighted by Gasteiger charge is 2.64. The van der Waals surface area contributed by atoms with Crippen LogP contribution in [0.5, 0.6) is 0 Å². The van der Waals surface area contributed by atoms with E-state index in [0.29, 0.717) is 0 Å². The number of urea groups is 1. The van der Waals surface area contributed by atoms with E-state index >= 15 is 0 Å². The molecule has 2 heterocycles. The Bertz CT molecular complexity index is 1160. The van der Waals surface area contributed by atoms with E-state index < -0.39 is 87.7 Å². The number of hydrogen-bond acceptors (Lipinski definition) is 9. The predicted molar refractivity (Wildman–Crippen MR) is 139 cm³/mol. The van der Waals surface area contributed by atoms with Gasteiger partial charge in [0.05, 0.1) is 17.4 Å². The number of benzene rings is 1. The number of nitrogens with zero attached hydrogens (tertiary/aromatic N) is 1. The molecule has 4 unspecified atom stereocenters. The summed E-state index contributed by atoms with van der Waals surface area (Å²) >= 11 is 0.453. The number of rotatable bonds is 8.